The van der Waals surface area contributed by atoms with Crippen molar-refractivity contribution in [2.45, 2.75) is 25.4 Å². The van der Waals surface area contributed by atoms with Gasteiger partial charge in [0.05, 0.1) is 0 Å². The molecule has 0 spiro atoms. The summed E-state index contributed by atoms with van der Waals surface area (Å²) in [4.78, 5) is 11.1. The topological polar surface area (TPSA) is 53.2 Å². The maximum Gasteiger partial charge on any atom is 0.221 e. The van der Waals surface area contributed by atoms with Crippen molar-refractivity contribution in [3.63, 3.8) is 0 Å². The Kier molecular flexibility index (Phi) is 2.73. The zero-order valence-electron chi connectivity index (χ0n) is 9.75. The van der Waals surface area contributed by atoms with Gasteiger partial charge in [-0.15, -0.1) is 0 Å². The number of carbonyl (C=O) groups is 1. The van der Waals surface area contributed by atoms with E-state index in [1.165, 1.54) is 16.8 Å². The van der Waals surface area contributed by atoms with Gasteiger partial charge in [-0.05, 0) is 17.5 Å². The Labute approximate surface area is 101 Å². The Morgan fingerprint density at radius 1 is 1.35 bits per heavy atom. The third kappa shape index (κ3) is 2.13. The van der Waals surface area contributed by atoms with Crippen molar-refractivity contribution in [2.24, 2.45) is 0 Å². The molecule has 1 unspecified atom stereocenters. The van der Waals surface area contributed by atoms with Gasteiger partial charge < -0.3 is 16.0 Å². The molecule has 1 fully saturated rings. The van der Waals surface area contributed by atoms with Gasteiger partial charge in [-0.3, -0.25) is 4.79 Å². The smallest absolute Gasteiger partial charge is 0.221 e. The van der Waals surface area contributed by atoms with Gasteiger partial charge in [0, 0.05) is 37.8 Å². The molecule has 1 aromatic rings. The van der Waals surface area contributed by atoms with Gasteiger partial charge in [0.1, 0.15) is 0 Å². The SMILES string of the molecule is O=C1CC(NCc2cccc3c2NCC3)CN1. The van der Waals surface area contributed by atoms with E-state index in [0.717, 1.165) is 26.1 Å². The second kappa shape index (κ2) is 4.37. The van der Waals surface area contributed by atoms with Crippen LogP contribution in [0.4, 0.5) is 5.69 Å². The summed E-state index contributed by atoms with van der Waals surface area (Å²) < 4.78 is 0. The van der Waals surface area contributed by atoms with Crippen molar-refractivity contribution in [2.75, 3.05) is 18.4 Å². The van der Waals surface area contributed by atoms with E-state index in [0.29, 0.717) is 6.42 Å². The minimum Gasteiger partial charge on any atom is -0.384 e. The molecule has 90 valence electrons. The normalized spacial score (nSPS) is 22.1. The van der Waals surface area contributed by atoms with E-state index in [2.05, 4.69) is 34.1 Å². The monoisotopic (exact) mass is 231 g/mol. The fraction of sp³-hybridized carbons (Fsp3) is 0.462. The van der Waals surface area contributed by atoms with Crippen molar-refractivity contribution >= 4 is 11.6 Å². The van der Waals surface area contributed by atoms with Gasteiger partial charge >= 0.3 is 0 Å². The number of fused-ring (bicyclic) bond motifs is 1. The lowest BCUT2D eigenvalue weighted by atomic mass is 10.1. The van der Waals surface area contributed by atoms with Crippen LogP contribution in [0, 0.1) is 0 Å². The van der Waals surface area contributed by atoms with Crippen LogP contribution in [0.15, 0.2) is 18.2 Å². The van der Waals surface area contributed by atoms with Crippen LogP contribution in [0.1, 0.15) is 17.5 Å². The van der Waals surface area contributed by atoms with E-state index in [4.69, 9.17) is 0 Å². The molecule has 0 radical (unpaired) electrons. The predicted molar refractivity (Wildman–Crippen MR) is 66.9 cm³/mol. The Morgan fingerprint density at radius 2 is 2.29 bits per heavy atom. The molecular weight excluding hydrogens is 214 g/mol. The molecule has 3 N–H and O–H groups in total. The van der Waals surface area contributed by atoms with Crippen molar-refractivity contribution in [1.29, 1.82) is 0 Å². The van der Waals surface area contributed by atoms with Crippen LogP contribution < -0.4 is 16.0 Å². The van der Waals surface area contributed by atoms with Crippen molar-refractivity contribution in [1.82, 2.24) is 10.6 Å². The molecule has 0 aliphatic carbocycles. The second-order valence-electron chi connectivity index (χ2n) is 4.71. The van der Waals surface area contributed by atoms with Gasteiger partial charge in [0.25, 0.3) is 0 Å². The Balaban J connectivity index is 1.65. The molecule has 2 heterocycles. The van der Waals surface area contributed by atoms with Crippen LogP contribution in [-0.2, 0) is 17.8 Å². The van der Waals surface area contributed by atoms with Crippen LogP contribution in [0.25, 0.3) is 0 Å². The van der Waals surface area contributed by atoms with Crippen molar-refractivity contribution in [3.8, 4) is 0 Å². The minimum atomic E-state index is 0.152. The first kappa shape index (κ1) is 10.6. The molecule has 17 heavy (non-hydrogen) atoms. The van der Waals surface area contributed by atoms with E-state index < -0.39 is 0 Å². The molecule has 0 saturated carbocycles. The Bertz CT molecular complexity index is 444. The van der Waals surface area contributed by atoms with Gasteiger partial charge in [0.15, 0.2) is 0 Å². The molecule has 0 aromatic heterocycles. The fourth-order valence-electron chi connectivity index (χ4n) is 2.56. The van der Waals surface area contributed by atoms with Crippen molar-refractivity contribution < 1.29 is 4.79 Å². The molecule has 1 aromatic carbocycles. The first-order valence-corrected chi connectivity index (χ1v) is 6.17. The number of nitrogens with one attached hydrogen (secondary N) is 3. The molecule has 2 aliphatic heterocycles. The van der Waals surface area contributed by atoms with E-state index in [-0.39, 0.29) is 11.9 Å². The summed E-state index contributed by atoms with van der Waals surface area (Å²) in [5.74, 6) is 0.152. The third-order valence-electron chi connectivity index (χ3n) is 3.49. The number of amides is 1. The van der Waals surface area contributed by atoms with E-state index in [9.17, 15) is 4.79 Å². The summed E-state index contributed by atoms with van der Waals surface area (Å²) >= 11 is 0. The lowest BCUT2D eigenvalue weighted by Crippen LogP contribution is -2.30. The number of anilines is 1. The van der Waals surface area contributed by atoms with Crippen LogP contribution in [0.2, 0.25) is 0 Å². The van der Waals surface area contributed by atoms with Gasteiger partial charge in [0.2, 0.25) is 5.91 Å². The maximum atomic E-state index is 11.1. The number of carbonyl (C=O) groups excluding carboxylic acids is 1. The highest BCUT2D eigenvalue weighted by molar-refractivity contribution is 5.78. The number of para-hydroxylation sites is 1. The molecule has 3 rings (SSSR count). The quantitative estimate of drug-likeness (QED) is 0.715. The zero-order valence-corrected chi connectivity index (χ0v) is 9.75. The first-order valence-electron chi connectivity index (χ1n) is 6.17. The highest BCUT2D eigenvalue weighted by Crippen LogP contribution is 2.26. The summed E-state index contributed by atoms with van der Waals surface area (Å²) in [5.41, 5.74) is 4.00. The van der Waals surface area contributed by atoms with Crippen LogP contribution in [0.3, 0.4) is 0 Å². The highest BCUT2D eigenvalue weighted by Gasteiger charge is 2.21. The fourth-order valence-corrected chi connectivity index (χ4v) is 2.56. The number of hydrogen-bond donors (Lipinski definition) is 3. The lowest BCUT2D eigenvalue weighted by Gasteiger charge is -2.13. The molecule has 4 nitrogen and oxygen atoms in total. The number of rotatable bonds is 3. The third-order valence-corrected chi connectivity index (χ3v) is 3.49. The molecular formula is C13H17N3O. The average Bonchev–Trinajstić information content (AvgIpc) is 2.94. The average molecular weight is 231 g/mol. The summed E-state index contributed by atoms with van der Waals surface area (Å²) in [5, 5.41) is 9.71. The molecule has 1 atom stereocenters. The molecule has 1 saturated heterocycles. The Morgan fingerprint density at radius 3 is 3.12 bits per heavy atom. The van der Waals surface area contributed by atoms with Gasteiger partial charge in [-0.1, -0.05) is 18.2 Å². The van der Waals surface area contributed by atoms with Crippen LogP contribution in [-0.4, -0.2) is 25.0 Å². The first-order chi connectivity index (χ1) is 8.33. The maximum absolute atomic E-state index is 11.1. The van der Waals surface area contributed by atoms with Gasteiger partial charge in [-0.25, -0.2) is 0 Å². The van der Waals surface area contributed by atoms with E-state index in [1.54, 1.807) is 0 Å². The lowest BCUT2D eigenvalue weighted by molar-refractivity contribution is -0.119. The zero-order chi connectivity index (χ0) is 11.7. The molecule has 1 amide bonds. The highest BCUT2D eigenvalue weighted by atomic mass is 16.1. The van der Waals surface area contributed by atoms with Crippen LogP contribution in [0.5, 0.6) is 0 Å². The summed E-state index contributed by atoms with van der Waals surface area (Å²) in [6.45, 7) is 2.62. The van der Waals surface area contributed by atoms with E-state index in [1.807, 2.05) is 0 Å². The summed E-state index contributed by atoms with van der Waals surface area (Å²) in [7, 11) is 0. The summed E-state index contributed by atoms with van der Waals surface area (Å²) in [6, 6.07) is 6.72. The van der Waals surface area contributed by atoms with Crippen LogP contribution >= 0.6 is 0 Å². The van der Waals surface area contributed by atoms with Gasteiger partial charge in [-0.2, -0.15) is 0 Å². The largest absolute Gasteiger partial charge is 0.384 e. The summed E-state index contributed by atoms with van der Waals surface area (Å²) in [6.07, 6.45) is 1.72. The number of hydrogen-bond acceptors (Lipinski definition) is 3. The standard InChI is InChI=1S/C13H17N3O/c17-12-6-11(8-16-12)15-7-10-3-1-2-9-4-5-14-13(9)10/h1-3,11,14-15H,4-8H2,(H,16,17). The molecule has 4 heteroatoms. The molecule has 0 bridgehead atoms. The predicted octanol–water partition coefficient (Wildman–Crippen LogP) is 0.633. The van der Waals surface area contributed by atoms with E-state index >= 15 is 0 Å². The number of benzene rings is 1. The Hall–Kier alpha value is -1.55. The minimum absolute atomic E-state index is 0.152. The van der Waals surface area contributed by atoms with Crippen molar-refractivity contribution in [3.05, 3.63) is 29.3 Å². The second-order valence-corrected chi connectivity index (χ2v) is 4.71. The molecule has 2 aliphatic rings.